The van der Waals surface area contributed by atoms with Gasteiger partial charge in [0.05, 0.1) is 11.4 Å². The molecule has 2 heterocycles. The second-order valence-corrected chi connectivity index (χ2v) is 7.74. The lowest BCUT2D eigenvalue weighted by Gasteiger charge is -2.31. The molecule has 0 spiro atoms. The molecule has 0 saturated carbocycles. The number of hydrogen-bond donors (Lipinski definition) is 1. The van der Waals surface area contributed by atoms with E-state index in [9.17, 15) is 14.4 Å². The predicted octanol–water partition coefficient (Wildman–Crippen LogP) is 3.19. The number of rotatable bonds is 2. The predicted molar refractivity (Wildman–Crippen MR) is 112 cm³/mol. The van der Waals surface area contributed by atoms with Gasteiger partial charge in [0.25, 0.3) is 17.0 Å². The van der Waals surface area contributed by atoms with Crippen LogP contribution in [0, 0.1) is 6.92 Å². The lowest BCUT2D eigenvalue weighted by atomic mass is 9.97. The molecule has 1 aliphatic heterocycles. The van der Waals surface area contributed by atoms with Crippen molar-refractivity contribution in [3.63, 3.8) is 0 Å². The van der Waals surface area contributed by atoms with Crippen molar-refractivity contribution in [3.8, 4) is 5.69 Å². The van der Waals surface area contributed by atoms with Crippen molar-refractivity contribution in [2.75, 3.05) is 11.4 Å². The molecule has 1 amide bonds. The van der Waals surface area contributed by atoms with Crippen molar-refractivity contribution in [1.82, 2.24) is 9.78 Å². The van der Waals surface area contributed by atoms with Gasteiger partial charge in [-0.15, -0.1) is 0 Å². The molecule has 0 atom stereocenters. The second-order valence-electron chi connectivity index (χ2n) is 6.82. The Morgan fingerprint density at radius 3 is 2.75 bits per heavy atom. The summed E-state index contributed by atoms with van der Waals surface area (Å²) in [6.45, 7) is 2.64. The molecule has 28 heavy (non-hydrogen) atoms. The Labute approximate surface area is 169 Å². The Kier molecular flexibility index (Phi) is 4.77. The number of amides is 1. The van der Waals surface area contributed by atoms with E-state index in [0.29, 0.717) is 17.8 Å². The van der Waals surface area contributed by atoms with Gasteiger partial charge < -0.3 is 4.90 Å². The molecule has 6 nitrogen and oxygen atoms in total. The number of hydrogen-bond acceptors (Lipinski definition) is 3. The van der Waals surface area contributed by atoms with Gasteiger partial charge in [-0.05, 0) is 61.2 Å². The first-order chi connectivity index (χ1) is 13.4. The van der Waals surface area contributed by atoms with Crippen LogP contribution in [0.3, 0.4) is 0 Å². The zero-order valence-electron chi connectivity index (χ0n) is 15.2. The van der Waals surface area contributed by atoms with E-state index in [1.165, 1.54) is 12.1 Å². The van der Waals surface area contributed by atoms with E-state index in [1.54, 1.807) is 29.2 Å². The molecule has 0 aliphatic carbocycles. The van der Waals surface area contributed by atoms with E-state index in [4.69, 9.17) is 0 Å². The maximum absolute atomic E-state index is 13.3. The van der Waals surface area contributed by atoms with Gasteiger partial charge in [-0.2, -0.15) is 0 Å². The maximum atomic E-state index is 13.3. The Morgan fingerprint density at radius 2 is 1.93 bits per heavy atom. The summed E-state index contributed by atoms with van der Waals surface area (Å²) in [4.78, 5) is 38.8. The van der Waals surface area contributed by atoms with Crippen LogP contribution in [0.2, 0.25) is 0 Å². The molecule has 7 heteroatoms. The highest BCUT2D eigenvalue weighted by Gasteiger charge is 2.25. The number of aromatic nitrogens is 2. The normalized spacial score (nSPS) is 13.3. The molecule has 0 bridgehead atoms. The minimum absolute atomic E-state index is 0.125. The molecule has 1 aliphatic rings. The van der Waals surface area contributed by atoms with Gasteiger partial charge in [-0.3, -0.25) is 19.5 Å². The quantitative estimate of drug-likeness (QED) is 0.665. The molecule has 2 aromatic carbocycles. The summed E-state index contributed by atoms with van der Waals surface area (Å²) in [5, 5.41) is 2.49. The number of aryl methyl sites for hydroxylation is 2. The van der Waals surface area contributed by atoms with E-state index < -0.39 is 0 Å². The largest absolute Gasteiger partial charge is 0.308 e. The van der Waals surface area contributed by atoms with Crippen LogP contribution in [0.1, 0.15) is 27.9 Å². The van der Waals surface area contributed by atoms with E-state index in [2.05, 4.69) is 27.1 Å². The van der Waals surface area contributed by atoms with Crippen LogP contribution < -0.4 is 16.0 Å². The second kappa shape index (κ2) is 7.24. The fourth-order valence-electron chi connectivity index (χ4n) is 3.67. The Hall–Kier alpha value is -2.93. The van der Waals surface area contributed by atoms with Gasteiger partial charge >= 0.3 is 0 Å². The molecule has 0 unspecified atom stereocenters. The van der Waals surface area contributed by atoms with Crippen molar-refractivity contribution in [3.05, 3.63) is 90.4 Å². The molecule has 1 N–H and O–H groups in total. The number of carbonyl (C=O) groups is 1. The first-order valence-electron chi connectivity index (χ1n) is 8.98. The fraction of sp³-hybridized carbons (Fsp3) is 0.190. The Bertz CT molecular complexity index is 1200. The zero-order chi connectivity index (χ0) is 19.8. The number of fused-ring (bicyclic) bond motifs is 1. The van der Waals surface area contributed by atoms with Crippen LogP contribution in [0.15, 0.2) is 62.6 Å². The van der Waals surface area contributed by atoms with Crippen molar-refractivity contribution in [2.45, 2.75) is 19.8 Å². The molecule has 4 rings (SSSR count). The smallest absolute Gasteiger partial charge is 0.269 e. The molecule has 0 saturated heterocycles. The van der Waals surface area contributed by atoms with Crippen molar-refractivity contribution >= 4 is 27.5 Å². The highest BCUT2D eigenvalue weighted by Crippen LogP contribution is 2.34. The first kappa shape index (κ1) is 18.4. The van der Waals surface area contributed by atoms with Crippen molar-refractivity contribution in [2.24, 2.45) is 0 Å². The first-order valence-corrected chi connectivity index (χ1v) is 9.77. The summed E-state index contributed by atoms with van der Waals surface area (Å²) in [5.74, 6) is -0.125. The summed E-state index contributed by atoms with van der Waals surface area (Å²) in [7, 11) is 0. The highest BCUT2D eigenvalue weighted by atomic mass is 79.9. The third-order valence-electron chi connectivity index (χ3n) is 4.86. The van der Waals surface area contributed by atoms with Gasteiger partial charge in [0.1, 0.15) is 0 Å². The van der Waals surface area contributed by atoms with E-state index in [-0.39, 0.29) is 17.0 Å². The number of carbonyl (C=O) groups excluding carboxylic acids is 1. The number of halogens is 1. The number of benzene rings is 2. The molecule has 3 aromatic rings. The lowest BCUT2D eigenvalue weighted by Crippen LogP contribution is -2.36. The minimum Gasteiger partial charge on any atom is -0.308 e. The number of H-pyrrole nitrogens is 1. The number of anilines is 1. The van der Waals surface area contributed by atoms with Crippen molar-refractivity contribution in [1.29, 1.82) is 0 Å². The molecule has 0 radical (unpaired) electrons. The van der Waals surface area contributed by atoms with Gasteiger partial charge in [0.2, 0.25) is 0 Å². The fourth-order valence-corrected chi connectivity index (χ4v) is 4.29. The minimum atomic E-state index is -0.387. The topological polar surface area (TPSA) is 75.2 Å². The number of nitrogens with zero attached hydrogens (tertiary/aromatic N) is 2. The summed E-state index contributed by atoms with van der Waals surface area (Å²) >= 11 is 3.53. The van der Waals surface area contributed by atoms with E-state index in [1.807, 2.05) is 13.0 Å². The summed E-state index contributed by atoms with van der Waals surface area (Å²) in [6, 6.07) is 13.2. The lowest BCUT2D eigenvalue weighted by molar-refractivity contribution is 0.0985. The van der Waals surface area contributed by atoms with Gasteiger partial charge in [0, 0.05) is 28.7 Å². The molecular formula is C21H18BrN3O3. The summed E-state index contributed by atoms with van der Waals surface area (Å²) in [5.41, 5.74) is 3.29. The number of nitrogens with one attached hydrogen (secondary N) is 1. The molecule has 142 valence electrons. The van der Waals surface area contributed by atoms with E-state index >= 15 is 0 Å². The average Bonchev–Trinajstić information content (AvgIpc) is 2.68. The molecule has 1 aromatic heterocycles. The van der Waals surface area contributed by atoms with Crippen LogP contribution in [0.4, 0.5) is 5.69 Å². The van der Waals surface area contributed by atoms with Gasteiger partial charge in [0.15, 0.2) is 0 Å². The summed E-state index contributed by atoms with van der Waals surface area (Å²) in [6.07, 6.45) is 1.82. The SMILES string of the molecule is Cc1cc(Br)cc2c1N(C(=O)c1cccc(-n3[nH]c(=O)ccc3=O)c1)CCC2. The van der Waals surface area contributed by atoms with Crippen LogP contribution in [-0.2, 0) is 6.42 Å². The van der Waals surface area contributed by atoms with Crippen LogP contribution in [0.5, 0.6) is 0 Å². The van der Waals surface area contributed by atoms with E-state index in [0.717, 1.165) is 38.8 Å². The summed E-state index contributed by atoms with van der Waals surface area (Å²) < 4.78 is 2.15. The van der Waals surface area contributed by atoms with Gasteiger partial charge in [-0.1, -0.05) is 22.0 Å². The Balaban J connectivity index is 1.76. The number of aromatic amines is 1. The standard InChI is InChI=1S/C21H18BrN3O3/c1-13-10-16(22)11-14-5-3-9-24(20(13)14)21(28)15-4-2-6-17(12-15)25-19(27)8-7-18(26)23-25/h2,4,6-8,10-12H,3,5,9H2,1H3,(H,23,26). The van der Waals surface area contributed by atoms with Crippen LogP contribution in [0.25, 0.3) is 5.69 Å². The zero-order valence-corrected chi connectivity index (χ0v) is 16.8. The molecule has 0 fully saturated rings. The van der Waals surface area contributed by atoms with Gasteiger partial charge in [-0.25, -0.2) is 4.68 Å². The third kappa shape index (κ3) is 3.33. The van der Waals surface area contributed by atoms with Crippen LogP contribution in [-0.4, -0.2) is 22.2 Å². The van der Waals surface area contributed by atoms with Crippen LogP contribution >= 0.6 is 15.9 Å². The third-order valence-corrected chi connectivity index (χ3v) is 5.32. The maximum Gasteiger partial charge on any atom is 0.269 e. The molecular weight excluding hydrogens is 422 g/mol. The Morgan fingerprint density at radius 1 is 1.11 bits per heavy atom. The average molecular weight is 440 g/mol. The highest BCUT2D eigenvalue weighted by molar-refractivity contribution is 9.10. The van der Waals surface area contributed by atoms with Crippen molar-refractivity contribution < 1.29 is 4.79 Å². The monoisotopic (exact) mass is 439 g/mol.